The van der Waals surface area contributed by atoms with E-state index in [2.05, 4.69) is 57.7 Å². The zero-order valence-electron chi connectivity index (χ0n) is 17.5. The van der Waals surface area contributed by atoms with Crippen molar-refractivity contribution in [3.8, 4) is 0 Å². The Hall–Kier alpha value is -3.19. The molecule has 0 amide bonds. The first-order chi connectivity index (χ1) is 15.0. The lowest BCUT2D eigenvalue weighted by molar-refractivity contribution is 0.338. The van der Waals surface area contributed by atoms with E-state index in [1.807, 2.05) is 11.6 Å². The van der Waals surface area contributed by atoms with Crippen LogP contribution in [0, 0.1) is 12.7 Å². The van der Waals surface area contributed by atoms with E-state index >= 15 is 0 Å². The van der Waals surface area contributed by atoms with Gasteiger partial charge in [0, 0.05) is 47.1 Å². The van der Waals surface area contributed by atoms with E-state index in [0.29, 0.717) is 5.11 Å². The van der Waals surface area contributed by atoms with Gasteiger partial charge in [-0.2, -0.15) is 5.10 Å². The molecule has 1 aliphatic rings. The average molecular weight is 434 g/mol. The number of anilines is 1. The van der Waals surface area contributed by atoms with Gasteiger partial charge in [0.25, 0.3) is 0 Å². The van der Waals surface area contributed by atoms with Crippen LogP contribution in [0.5, 0.6) is 0 Å². The van der Waals surface area contributed by atoms with Crippen LogP contribution in [0.4, 0.5) is 10.1 Å². The molecular formula is C24H24FN5S. The summed E-state index contributed by atoms with van der Waals surface area (Å²) in [6.45, 7) is 5.73. The third-order valence-corrected chi connectivity index (χ3v) is 6.33. The molecule has 31 heavy (non-hydrogen) atoms. The molecule has 5 nitrogen and oxygen atoms in total. The highest BCUT2D eigenvalue weighted by Gasteiger charge is 2.35. The highest BCUT2D eigenvalue weighted by molar-refractivity contribution is 7.80. The van der Waals surface area contributed by atoms with Crippen LogP contribution in [0.3, 0.4) is 0 Å². The third kappa shape index (κ3) is 3.49. The number of halogens is 1. The molecule has 0 aliphatic carbocycles. The molecule has 5 rings (SSSR count). The Balaban J connectivity index is 1.59. The molecule has 0 spiro atoms. The normalized spacial score (nSPS) is 15.8. The molecule has 158 valence electrons. The third-order valence-electron chi connectivity index (χ3n) is 5.99. The Morgan fingerprint density at radius 3 is 2.74 bits per heavy atom. The SMILES string of the molecule is CCn1cc([C@H]2c3[nH]c4ccccc4c3CCN2C(=S)Nc2ccc(F)cc2)c(C)n1. The predicted molar refractivity (Wildman–Crippen MR) is 126 cm³/mol. The molecule has 0 saturated heterocycles. The number of hydrogen-bond donors (Lipinski definition) is 2. The van der Waals surface area contributed by atoms with Crippen LogP contribution < -0.4 is 5.32 Å². The van der Waals surface area contributed by atoms with Crippen molar-refractivity contribution in [2.75, 3.05) is 11.9 Å². The maximum atomic E-state index is 13.3. The van der Waals surface area contributed by atoms with E-state index in [9.17, 15) is 4.39 Å². The largest absolute Gasteiger partial charge is 0.356 e. The first kappa shape index (κ1) is 19.8. The fourth-order valence-corrected chi connectivity index (χ4v) is 4.79. The lowest BCUT2D eigenvalue weighted by Gasteiger charge is -2.37. The van der Waals surface area contributed by atoms with Crippen LogP contribution in [-0.4, -0.2) is 31.3 Å². The number of nitrogens with one attached hydrogen (secondary N) is 2. The van der Waals surface area contributed by atoms with Crippen molar-refractivity contribution in [2.24, 2.45) is 0 Å². The van der Waals surface area contributed by atoms with Crippen LogP contribution in [0.1, 0.15) is 35.5 Å². The van der Waals surface area contributed by atoms with E-state index in [1.54, 1.807) is 12.1 Å². The van der Waals surface area contributed by atoms with Gasteiger partial charge in [0.15, 0.2) is 5.11 Å². The average Bonchev–Trinajstić information content (AvgIpc) is 3.34. The van der Waals surface area contributed by atoms with Gasteiger partial charge >= 0.3 is 0 Å². The summed E-state index contributed by atoms with van der Waals surface area (Å²) in [7, 11) is 0. The van der Waals surface area contributed by atoms with Crippen LogP contribution in [0.15, 0.2) is 54.7 Å². The Morgan fingerprint density at radius 1 is 1.23 bits per heavy atom. The maximum absolute atomic E-state index is 13.3. The summed E-state index contributed by atoms with van der Waals surface area (Å²) in [5.74, 6) is -0.266. The lowest BCUT2D eigenvalue weighted by Crippen LogP contribution is -2.43. The summed E-state index contributed by atoms with van der Waals surface area (Å²) in [6.07, 6.45) is 3.01. The number of rotatable bonds is 3. The van der Waals surface area contributed by atoms with Crippen molar-refractivity contribution in [2.45, 2.75) is 32.9 Å². The van der Waals surface area contributed by atoms with Gasteiger partial charge in [-0.15, -0.1) is 0 Å². The van der Waals surface area contributed by atoms with E-state index < -0.39 is 0 Å². The van der Waals surface area contributed by atoms with Gasteiger partial charge in [-0.3, -0.25) is 4.68 Å². The number of nitrogens with zero attached hydrogens (tertiary/aromatic N) is 3. The van der Waals surface area contributed by atoms with Crippen molar-refractivity contribution >= 4 is 33.9 Å². The number of aromatic amines is 1. The zero-order chi connectivity index (χ0) is 21.5. The minimum atomic E-state index is -0.266. The quantitative estimate of drug-likeness (QED) is 0.437. The molecule has 7 heteroatoms. The summed E-state index contributed by atoms with van der Waals surface area (Å²) in [6, 6.07) is 14.6. The number of H-pyrrole nitrogens is 1. The van der Waals surface area contributed by atoms with Crippen LogP contribution in [-0.2, 0) is 13.0 Å². The smallest absolute Gasteiger partial charge is 0.174 e. The topological polar surface area (TPSA) is 48.9 Å². The fraction of sp³-hybridized carbons (Fsp3) is 0.250. The van der Waals surface area contributed by atoms with Gasteiger partial charge in [0.05, 0.1) is 5.69 Å². The minimum absolute atomic E-state index is 0.0723. The molecule has 2 aromatic heterocycles. The molecule has 1 aliphatic heterocycles. The van der Waals surface area contributed by atoms with Crippen LogP contribution in [0.2, 0.25) is 0 Å². The lowest BCUT2D eigenvalue weighted by atomic mass is 9.93. The van der Waals surface area contributed by atoms with Gasteiger partial charge in [-0.1, -0.05) is 18.2 Å². The molecule has 2 N–H and O–H groups in total. The van der Waals surface area contributed by atoms with Gasteiger partial charge < -0.3 is 15.2 Å². The molecule has 0 radical (unpaired) electrons. The Labute approximate surface area is 185 Å². The molecule has 2 aromatic carbocycles. The summed E-state index contributed by atoms with van der Waals surface area (Å²) in [4.78, 5) is 5.87. The molecular weight excluding hydrogens is 409 g/mol. The summed E-state index contributed by atoms with van der Waals surface area (Å²) < 4.78 is 15.3. The second-order valence-corrected chi connectivity index (χ2v) is 8.26. The zero-order valence-corrected chi connectivity index (χ0v) is 18.3. The standard InChI is InChI=1S/C24H24FN5S/c1-3-29-14-20(15(2)28-29)23-22-19(18-6-4-5-7-21(18)27-22)12-13-30(23)24(31)26-17-10-8-16(25)9-11-17/h4-11,14,23,27H,3,12-13H2,1-2H3,(H,26,31)/t23-/m0/s1. The highest BCUT2D eigenvalue weighted by Crippen LogP contribution is 2.39. The van der Waals surface area contributed by atoms with Gasteiger partial charge in [-0.25, -0.2) is 4.39 Å². The number of aryl methyl sites for hydroxylation is 2. The second kappa shape index (κ2) is 7.81. The van der Waals surface area contributed by atoms with Crippen molar-refractivity contribution in [1.29, 1.82) is 0 Å². The molecule has 4 aromatic rings. The van der Waals surface area contributed by atoms with Crippen molar-refractivity contribution in [3.05, 3.63) is 83.1 Å². The first-order valence-electron chi connectivity index (χ1n) is 10.5. The molecule has 1 atom stereocenters. The fourth-order valence-electron chi connectivity index (χ4n) is 4.48. The Morgan fingerprint density at radius 2 is 2.00 bits per heavy atom. The van der Waals surface area contributed by atoms with E-state index in [4.69, 9.17) is 12.2 Å². The monoisotopic (exact) mass is 433 g/mol. The summed E-state index contributed by atoms with van der Waals surface area (Å²) >= 11 is 5.83. The summed E-state index contributed by atoms with van der Waals surface area (Å²) in [5.41, 5.74) is 6.54. The number of fused-ring (bicyclic) bond motifs is 3. The van der Waals surface area contributed by atoms with Crippen molar-refractivity contribution in [1.82, 2.24) is 19.7 Å². The van der Waals surface area contributed by atoms with E-state index in [0.717, 1.165) is 47.7 Å². The van der Waals surface area contributed by atoms with E-state index in [1.165, 1.54) is 23.1 Å². The Bertz CT molecular complexity index is 1260. The summed E-state index contributed by atoms with van der Waals surface area (Å²) in [5, 5.41) is 9.86. The van der Waals surface area contributed by atoms with Crippen molar-refractivity contribution in [3.63, 3.8) is 0 Å². The maximum Gasteiger partial charge on any atom is 0.174 e. The van der Waals surface area contributed by atoms with Gasteiger partial charge in [0.1, 0.15) is 11.9 Å². The molecule has 0 unspecified atom stereocenters. The van der Waals surface area contributed by atoms with Crippen LogP contribution >= 0.6 is 12.2 Å². The van der Waals surface area contributed by atoms with Gasteiger partial charge in [0.2, 0.25) is 0 Å². The number of aromatic nitrogens is 3. The second-order valence-electron chi connectivity index (χ2n) is 7.87. The number of hydrogen-bond acceptors (Lipinski definition) is 2. The highest BCUT2D eigenvalue weighted by atomic mass is 32.1. The van der Waals surface area contributed by atoms with Crippen LogP contribution in [0.25, 0.3) is 10.9 Å². The molecule has 3 heterocycles. The number of benzene rings is 2. The minimum Gasteiger partial charge on any atom is -0.356 e. The molecule has 0 fully saturated rings. The van der Waals surface area contributed by atoms with E-state index in [-0.39, 0.29) is 11.9 Å². The predicted octanol–water partition coefficient (Wildman–Crippen LogP) is 5.18. The number of para-hydroxylation sites is 1. The molecule has 0 saturated carbocycles. The molecule has 0 bridgehead atoms. The van der Waals surface area contributed by atoms with Gasteiger partial charge in [-0.05, 0) is 68.4 Å². The Kier molecular flexibility index (Phi) is 4.98. The van der Waals surface area contributed by atoms with Crippen molar-refractivity contribution < 1.29 is 4.39 Å². The first-order valence-corrected chi connectivity index (χ1v) is 10.9. The number of thiocarbonyl (C=S) groups is 1.